The van der Waals surface area contributed by atoms with Crippen molar-refractivity contribution in [2.45, 2.75) is 12.5 Å². The lowest BCUT2D eigenvalue weighted by atomic mass is 9.83. The third kappa shape index (κ3) is 3.79. The van der Waals surface area contributed by atoms with Gasteiger partial charge in [0.2, 0.25) is 11.3 Å². The van der Waals surface area contributed by atoms with Crippen LogP contribution in [0.1, 0.15) is 22.6 Å². The Morgan fingerprint density at radius 1 is 1.06 bits per heavy atom. The highest BCUT2D eigenvalue weighted by Gasteiger charge is 2.35. The molecule has 33 heavy (non-hydrogen) atoms. The Balaban J connectivity index is 1.58. The van der Waals surface area contributed by atoms with Gasteiger partial charge in [0.15, 0.2) is 0 Å². The first-order chi connectivity index (χ1) is 16.0. The van der Waals surface area contributed by atoms with E-state index in [2.05, 4.69) is 6.07 Å². The second-order valence-corrected chi connectivity index (χ2v) is 7.98. The molecule has 3 aromatic carbocycles. The third-order valence-corrected chi connectivity index (χ3v) is 5.72. The Hall–Kier alpha value is -4.21. The summed E-state index contributed by atoms with van der Waals surface area (Å²) < 4.78 is 17.2. The molecule has 0 saturated heterocycles. The fraction of sp³-hybridized carbons (Fsp3) is 0.0769. The van der Waals surface area contributed by atoms with Gasteiger partial charge >= 0.3 is 0 Å². The Bertz CT molecular complexity index is 1500. The molecule has 0 saturated carbocycles. The number of nitrogens with two attached hydrogens (primary N) is 1. The quantitative estimate of drug-likeness (QED) is 0.450. The molecule has 0 aliphatic carbocycles. The van der Waals surface area contributed by atoms with Crippen molar-refractivity contribution in [3.05, 3.63) is 116 Å². The van der Waals surface area contributed by atoms with Crippen LogP contribution >= 0.6 is 11.6 Å². The number of nitrogens with zero attached hydrogens (tertiary/aromatic N) is 1. The van der Waals surface area contributed by atoms with E-state index in [1.165, 1.54) is 0 Å². The molecular weight excluding hydrogens is 440 g/mol. The molecule has 1 atom stereocenters. The van der Waals surface area contributed by atoms with Gasteiger partial charge in [0.05, 0.1) is 16.9 Å². The number of fused-ring (bicyclic) bond motifs is 2. The maximum atomic E-state index is 13.4. The molecule has 1 aromatic heterocycles. The molecule has 0 radical (unpaired) electrons. The third-order valence-electron chi connectivity index (χ3n) is 5.47. The summed E-state index contributed by atoms with van der Waals surface area (Å²) in [7, 11) is 0. The summed E-state index contributed by atoms with van der Waals surface area (Å²) in [5, 5.41) is 10.9. The second kappa shape index (κ2) is 8.38. The van der Waals surface area contributed by atoms with Crippen molar-refractivity contribution in [3.8, 4) is 17.8 Å². The zero-order valence-electron chi connectivity index (χ0n) is 17.2. The van der Waals surface area contributed by atoms with E-state index < -0.39 is 5.92 Å². The molecule has 0 bridgehead atoms. The largest absolute Gasteiger partial charge is 0.489 e. The van der Waals surface area contributed by atoms with Crippen molar-refractivity contribution in [2.24, 2.45) is 5.73 Å². The Labute approximate surface area is 194 Å². The molecule has 0 fully saturated rings. The maximum absolute atomic E-state index is 13.4. The van der Waals surface area contributed by atoms with Gasteiger partial charge in [0.25, 0.3) is 5.95 Å². The van der Waals surface area contributed by atoms with Crippen LogP contribution in [-0.4, -0.2) is 0 Å². The van der Waals surface area contributed by atoms with Crippen LogP contribution in [0.25, 0.3) is 11.0 Å². The number of benzene rings is 3. The lowest BCUT2D eigenvalue weighted by Gasteiger charge is -2.25. The van der Waals surface area contributed by atoms with Gasteiger partial charge in [-0.25, -0.2) is 0 Å². The van der Waals surface area contributed by atoms with Crippen LogP contribution in [0.5, 0.6) is 11.7 Å². The predicted molar refractivity (Wildman–Crippen MR) is 124 cm³/mol. The molecular formula is C26H17ClN2O4. The molecule has 0 amide bonds. The molecule has 0 spiro atoms. The predicted octanol–water partition coefficient (Wildman–Crippen LogP) is 5.24. The average Bonchev–Trinajstić information content (AvgIpc) is 2.83. The van der Waals surface area contributed by atoms with Gasteiger partial charge < -0.3 is 19.6 Å². The van der Waals surface area contributed by atoms with Crippen molar-refractivity contribution < 1.29 is 13.9 Å². The van der Waals surface area contributed by atoms with Crippen LogP contribution in [0.4, 0.5) is 0 Å². The van der Waals surface area contributed by atoms with E-state index in [0.717, 1.165) is 5.56 Å². The highest BCUT2D eigenvalue weighted by molar-refractivity contribution is 6.30. The Morgan fingerprint density at radius 2 is 1.85 bits per heavy atom. The first kappa shape index (κ1) is 20.7. The fourth-order valence-electron chi connectivity index (χ4n) is 3.91. The van der Waals surface area contributed by atoms with Crippen molar-refractivity contribution >= 4 is 22.6 Å². The lowest BCUT2D eigenvalue weighted by Crippen LogP contribution is -2.26. The van der Waals surface area contributed by atoms with E-state index in [0.29, 0.717) is 33.9 Å². The number of nitriles is 1. The average molecular weight is 457 g/mol. The van der Waals surface area contributed by atoms with Gasteiger partial charge in [-0.3, -0.25) is 4.79 Å². The van der Waals surface area contributed by atoms with E-state index in [1.807, 2.05) is 24.3 Å². The highest BCUT2D eigenvalue weighted by atomic mass is 35.5. The van der Waals surface area contributed by atoms with Gasteiger partial charge in [0, 0.05) is 5.02 Å². The molecule has 2 heterocycles. The number of hydrogen-bond donors (Lipinski definition) is 1. The van der Waals surface area contributed by atoms with Crippen LogP contribution < -0.4 is 20.6 Å². The van der Waals surface area contributed by atoms with E-state index in [-0.39, 0.29) is 28.4 Å². The van der Waals surface area contributed by atoms with Gasteiger partial charge in [-0.15, -0.1) is 0 Å². The van der Waals surface area contributed by atoms with Gasteiger partial charge in [-0.1, -0.05) is 48.0 Å². The number of rotatable bonds is 4. The molecule has 4 aromatic rings. The van der Waals surface area contributed by atoms with Crippen molar-refractivity contribution in [2.75, 3.05) is 0 Å². The van der Waals surface area contributed by atoms with Gasteiger partial charge in [0.1, 0.15) is 29.6 Å². The van der Waals surface area contributed by atoms with E-state index >= 15 is 0 Å². The van der Waals surface area contributed by atoms with Crippen molar-refractivity contribution in [3.63, 3.8) is 0 Å². The topological polar surface area (TPSA) is 98.5 Å². The summed E-state index contributed by atoms with van der Waals surface area (Å²) in [6.07, 6.45) is 0. The zero-order chi connectivity index (χ0) is 22.9. The standard InChI is InChI=1S/C26H17ClN2O4/c27-17-8-10-18(11-9-17)31-14-15-4-3-5-16(12-15)22-20(13-28)25(29)33-26-23(22)24(30)19-6-1-2-7-21(19)32-26/h1-12,22H,14,29H2/t22-/m0/s1. The van der Waals surface area contributed by atoms with Gasteiger partial charge in [-0.05, 0) is 47.5 Å². The summed E-state index contributed by atoms with van der Waals surface area (Å²) in [4.78, 5) is 13.4. The summed E-state index contributed by atoms with van der Waals surface area (Å²) in [5.41, 5.74) is 8.14. The van der Waals surface area contributed by atoms with Crippen LogP contribution in [0, 0.1) is 11.3 Å². The van der Waals surface area contributed by atoms with Crippen LogP contribution in [0.2, 0.25) is 5.02 Å². The molecule has 1 aliphatic heterocycles. The minimum absolute atomic E-state index is 0.00279. The molecule has 7 heteroatoms. The molecule has 5 rings (SSSR count). The summed E-state index contributed by atoms with van der Waals surface area (Å²) in [6.45, 7) is 0.291. The Kier molecular flexibility index (Phi) is 5.25. The fourth-order valence-corrected chi connectivity index (χ4v) is 4.04. The number of allylic oxidation sites excluding steroid dienone is 1. The number of para-hydroxylation sites is 1. The number of hydrogen-bond acceptors (Lipinski definition) is 6. The van der Waals surface area contributed by atoms with Crippen molar-refractivity contribution in [1.82, 2.24) is 0 Å². The summed E-state index contributed by atoms with van der Waals surface area (Å²) in [5.74, 6) is -0.135. The smallest absolute Gasteiger partial charge is 0.300 e. The lowest BCUT2D eigenvalue weighted by molar-refractivity contribution is 0.295. The minimum Gasteiger partial charge on any atom is -0.489 e. The first-order valence-corrected chi connectivity index (χ1v) is 10.5. The van der Waals surface area contributed by atoms with E-state index in [1.54, 1.807) is 48.5 Å². The molecule has 6 nitrogen and oxygen atoms in total. The number of halogens is 1. The van der Waals surface area contributed by atoms with Crippen molar-refractivity contribution in [1.29, 1.82) is 5.26 Å². The number of ether oxygens (including phenoxy) is 2. The molecule has 2 N–H and O–H groups in total. The summed E-state index contributed by atoms with van der Waals surface area (Å²) >= 11 is 5.93. The van der Waals surface area contributed by atoms with Gasteiger partial charge in [-0.2, -0.15) is 5.26 Å². The second-order valence-electron chi connectivity index (χ2n) is 7.54. The van der Waals surface area contributed by atoms with E-state index in [9.17, 15) is 10.1 Å². The molecule has 162 valence electrons. The van der Waals surface area contributed by atoms with Crippen LogP contribution in [0.3, 0.4) is 0 Å². The summed E-state index contributed by atoms with van der Waals surface area (Å²) in [6, 6.07) is 23.5. The van der Waals surface area contributed by atoms with Crippen LogP contribution in [0.15, 0.2) is 93.5 Å². The van der Waals surface area contributed by atoms with Crippen LogP contribution in [-0.2, 0) is 6.61 Å². The first-order valence-electron chi connectivity index (χ1n) is 10.2. The molecule has 1 aliphatic rings. The zero-order valence-corrected chi connectivity index (χ0v) is 18.0. The monoisotopic (exact) mass is 456 g/mol. The minimum atomic E-state index is -0.727. The maximum Gasteiger partial charge on any atom is 0.300 e. The van der Waals surface area contributed by atoms with E-state index in [4.69, 9.17) is 31.2 Å². The SMILES string of the molecule is N#CC1=C(N)Oc2oc3ccccc3c(=O)c2[C@H]1c1cccc(COc2ccc(Cl)cc2)c1. The normalized spacial score (nSPS) is 15.0. The Morgan fingerprint density at radius 3 is 2.64 bits per heavy atom. The highest BCUT2D eigenvalue weighted by Crippen LogP contribution is 2.41. The molecule has 0 unspecified atom stereocenters.